The Balaban J connectivity index is 2.62. The molecule has 0 bridgehead atoms. The number of unbranched alkanes of at least 4 members (excludes halogenated alkanes) is 36. The number of rotatable bonds is 54. The molecule has 11 heteroatoms. The molecule has 1 amide bonds. The number of allylic oxidation sites excluding steroid dienone is 5. The minimum absolute atomic E-state index is 0.125. The molecule has 0 spiro atoms. The van der Waals surface area contributed by atoms with Gasteiger partial charge in [0.05, 0.1) is 25.4 Å². The quantitative estimate of drug-likeness (QED) is 0.0195. The Morgan fingerprint density at radius 1 is 0.507 bits per heavy atom. The summed E-state index contributed by atoms with van der Waals surface area (Å²) >= 11 is 0. The van der Waals surface area contributed by atoms with Gasteiger partial charge in [0.1, 0.15) is 24.4 Å². The van der Waals surface area contributed by atoms with Crippen molar-refractivity contribution in [3.63, 3.8) is 0 Å². The average molecular weight is 1060 g/mol. The van der Waals surface area contributed by atoms with Crippen LogP contribution in [-0.2, 0) is 23.8 Å². The van der Waals surface area contributed by atoms with Gasteiger partial charge in [0, 0.05) is 6.42 Å². The predicted molar refractivity (Wildman–Crippen MR) is 311 cm³/mol. The van der Waals surface area contributed by atoms with Crippen molar-refractivity contribution in [2.24, 2.45) is 0 Å². The normalized spacial score (nSPS) is 19.4. The van der Waals surface area contributed by atoms with Crippen LogP contribution >= 0.6 is 0 Å². The highest BCUT2D eigenvalue weighted by Gasteiger charge is 2.47. The largest absolute Gasteiger partial charge is 0.454 e. The van der Waals surface area contributed by atoms with Crippen molar-refractivity contribution in [1.82, 2.24) is 5.32 Å². The van der Waals surface area contributed by atoms with Gasteiger partial charge in [-0.1, -0.05) is 250 Å². The molecule has 1 rings (SSSR count). The van der Waals surface area contributed by atoms with E-state index in [1.54, 1.807) is 6.08 Å². The SMILES string of the molecule is CCCCCC/C=C\CCCCCCCCC(O)C(=O)NC(COC1OC(CO)C(O)C(O)C1OC(=O)CCCCCCCCCCCCC/C=C/CCCCCCCC)C(O)/C=C/CCCCCCCCCCC. The highest BCUT2D eigenvalue weighted by atomic mass is 16.7. The molecule has 8 unspecified atom stereocenters. The van der Waals surface area contributed by atoms with Crippen molar-refractivity contribution in [2.45, 2.75) is 346 Å². The van der Waals surface area contributed by atoms with E-state index >= 15 is 0 Å². The van der Waals surface area contributed by atoms with Gasteiger partial charge in [-0.3, -0.25) is 9.59 Å². The van der Waals surface area contributed by atoms with Crippen LogP contribution in [0.1, 0.15) is 297 Å². The molecule has 6 N–H and O–H groups in total. The van der Waals surface area contributed by atoms with E-state index < -0.39 is 67.4 Å². The van der Waals surface area contributed by atoms with E-state index in [4.69, 9.17) is 14.2 Å². The first-order valence-corrected chi connectivity index (χ1v) is 31.8. The minimum atomic E-state index is -1.61. The summed E-state index contributed by atoms with van der Waals surface area (Å²) in [6.07, 6.45) is 51.9. The lowest BCUT2D eigenvalue weighted by Crippen LogP contribution is -2.61. The number of hydrogen-bond acceptors (Lipinski definition) is 10. The summed E-state index contributed by atoms with van der Waals surface area (Å²) in [6, 6.07) is -1.02. The van der Waals surface area contributed by atoms with Crippen LogP contribution in [0, 0.1) is 0 Å². The summed E-state index contributed by atoms with van der Waals surface area (Å²) in [4.78, 5) is 26.5. The maximum absolute atomic E-state index is 13.4. The van der Waals surface area contributed by atoms with Gasteiger partial charge in [-0.25, -0.2) is 0 Å². The van der Waals surface area contributed by atoms with Crippen LogP contribution in [0.5, 0.6) is 0 Å². The van der Waals surface area contributed by atoms with Crippen molar-refractivity contribution in [2.75, 3.05) is 13.2 Å². The van der Waals surface area contributed by atoms with Crippen molar-refractivity contribution in [1.29, 1.82) is 0 Å². The Bertz CT molecular complexity index is 1360. The third-order valence-electron chi connectivity index (χ3n) is 15.0. The fourth-order valence-electron chi connectivity index (χ4n) is 9.94. The molecule has 0 aliphatic carbocycles. The summed E-state index contributed by atoms with van der Waals surface area (Å²) in [7, 11) is 0. The molecule has 0 radical (unpaired) electrons. The van der Waals surface area contributed by atoms with Crippen LogP contribution in [0.2, 0.25) is 0 Å². The molecular formula is C64H119NO10. The number of carbonyl (C=O) groups is 2. The van der Waals surface area contributed by atoms with E-state index in [2.05, 4.69) is 50.4 Å². The van der Waals surface area contributed by atoms with E-state index in [1.807, 2.05) is 6.08 Å². The minimum Gasteiger partial charge on any atom is -0.454 e. The second kappa shape index (κ2) is 52.6. The van der Waals surface area contributed by atoms with Crippen LogP contribution in [0.25, 0.3) is 0 Å². The molecule has 1 fully saturated rings. The lowest BCUT2D eigenvalue weighted by molar-refractivity contribution is -0.305. The number of aliphatic hydroxyl groups excluding tert-OH is 5. The lowest BCUT2D eigenvalue weighted by Gasteiger charge is -2.41. The summed E-state index contributed by atoms with van der Waals surface area (Å²) in [6.45, 7) is 5.78. The molecule has 0 aromatic carbocycles. The van der Waals surface area contributed by atoms with E-state index in [-0.39, 0.29) is 19.4 Å². The Labute approximate surface area is 460 Å². The topological polar surface area (TPSA) is 175 Å². The Kier molecular flexibility index (Phi) is 49.7. The van der Waals surface area contributed by atoms with E-state index in [0.29, 0.717) is 12.8 Å². The van der Waals surface area contributed by atoms with Crippen molar-refractivity contribution >= 4 is 11.9 Å². The van der Waals surface area contributed by atoms with Crippen LogP contribution in [0.15, 0.2) is 36.5 Å². The molecule has 8 atom stereocenters. The van der Waals surface area contributed by atoms with Crippen LogP contribution in [0.4, 0.5) is 0 Å². The number of amides is 1. The van der Waals surface area contributed by atoms with Crippen LogP contribution in [0.3, 0.4) is 0 Å². The van der Waals surface area contributed by atoms with Crippen molar-refractivity contribution < 1.29 is 49.3 Å². The van der Waals surface area contributed by atoms with Crippen molar-refractivity contribution in [3.8, 4) is 0 Å². The fourth-order valence-corrected chi connectivity index (χ4v) is 9.94. The van der Waals surface area contributed by atoms with Gasteiger partial charge in [-0.05, 0) is 77.0 Å². The maximum atomic E-state index is 13.4. The predicted octanol–water partition coefficient (Wildman–Crippen LogP) is 15.1. The molecule has 1 aliphatic heterocycles. The molecule has 1 saturated heterocycles. The first-order chi connectivity index (χ1) is 36.7. The number of nitrogens with one attached hydrogen (secondary N) is 1. The summed E-state index contributed by atoms with van der Waals surface area (Å²) in [5.41, 5.74) is 0. The summed E-state index contributed by atoms with van der Waals surface area (Å²) in [5.74, 6) is -1.19. The van der Waals surface area contributed by atoms with Gasteiger partial charge in [0.25, 0.3) is 0 Å². The summed E-state index contributed by atoms with van der Waals surface area (Å²) in [5, 5.41) is 56.9. The molecule has 75 heavy (non-hydrogen) atoms. The second-order valence-corrected chi connectivity index (χ2v) is 22.1. The molecular weight excluding hydrogens is 943 g/mol. The molecule has 0 aromatic heterocycles. The molecule has 11 nitrogen and oxygen atoms in total. The third-order valence-corrected chi connectivity index (χ3v) is 15.0. The third kappa shape index (κ3) is 40.7. The lowest BCUT2D eigenvalue weighted by atomic mass is 9.99. The van der Waals surface area contributed by atoms with E-state index in [0.717, 1.165) is 70.6 Å². The first-order valence-electron chi connectivity index (χ1n) is 31.8. The van der Waals surface area contributed by atoms with Crippen molar-refractivity contribution in [3.05, 3.63) is 36.5 Å². The number of ether oxygens (including phenoxy) is 3. The Morgan fingerprint density at radius 2 is 0.880 bits per heavy atom. The zero-order valence-electron chi connectivity index (χ0n) is 48.7. The Hall–Kier alpha value is -2.12. The number of hydrogen-bond donors (Lipinski definition) is 6. The first kappa shape index (κ1) is 70.9. The Morgan fingerprint density at radius 3 is 1.31 bits per heavy atom. The van der Waals surface area contributed by atoms with Crippen LogP contribution < -0.4 is 5.32 Å². The second-order valence-electron chi connectivity index (χ2n) is 22.1. The molecule has 0 aromatic rings. The highest BCUT2D eigenvalue weighted by Crippen LogP contribution is 2.26. The smallest absolute Gasteiger partial charge is 0.306 e. The zero-order valence-corrected chi connectivity index (χ0v) is 48.7. The zero-order chi connectivity index (χ0) is 54.7. The molecule has 1 heterocycles. The number of carbonyl (C=O) groups excluding carboxylic acids is 2. The van der Waals surface area contributed by atoms with Crippen LogP contribution in [-0.4, -0.2) is 99.6 Å². The highest BCUT2D eigenvalue weighted by molar-refractivity contribution is 5.80. The number of aliphatic hydroxyl groups is 5. The maximum Gasteiger partial charge on any atom is 0.306 e. The monoisotopic (exact) mass is 1060 g/mol. The number of esters is 1. The van der Waals surface area contributed by atoms with Gasteiger partial charge in [0.2, 0.25) is 5.91 Å². The molecule has 0 saturated carbocycles. The average Bonchev–Trinajstić information content (AvgIpc) is 3.41. The van der Waals surface area contributed by atoms with Gasteiger partial charge < -0.3 is 45.1 Å². The standard InChI is InChI=1S/C64H119NO10/c1-4-7-10-13-16-19-22-24-26-27-28-29-30-31-32-34-37-40-43-46-49-52-59(69)75-62-61(71)60(70)58(53-66)74-64(62)73-54-55(56(67)50-47-44-41-38-35-21-18-15-12-9-6-3)65-63(72)57(68)51-48-45-42-39-36-33-25-23-20-17-14-11-8-5-2/h20,23-24,26,47,50,55-58,60-62,64,66-68,70-71H,4-19,21-22,25,27-46,48-49,51-54H2,1-3H3,(H,65,72)/b23-20-,26-24+,50-47+. The fraction of sp³-hybridized carbons (Fsp3) is 0.875. The molecule has 440 valence electrons. The molecule has 1 aliphatic rings. The van der Waals surface area contributed by atoms with E-state index in [1.165, 1.54) is 180 Å². The summed E-state index contributed by atoms with van der Waals surface area (Å²) < 4.78 is 17.6. The van der Waals surface area contributed by atoms with Gasteiger partial charge in [0.15, 0.2) is 12.4 Å². The van der Waals surface area contributed by atoms with Gasteiger partial charge in [-0.2, -0.15) is 0 Å². The van der Waals surface area contributed by atoms with Gasteiger partial charge in [-0.15, -0.1) is 0 Å². The van der Waals surface area contributed by atoms with E-state index in [9.17, 15) is 35.1 Å². The van der Waals surface area contributed by atoms with Gasteiger partial charge >= 0.3 is 5.97 Å².